The number of hydrogen-bond acceptors (Lipinski definition) is 15. The number of nitrogens with one attached hydrogen (secondary N) is 3. The zero-order valence-electron chi connectivity index (χ0n) is 44.3. The van der Waals surface area contributed by atoms with Gasteiger partial charge in [0, 0.05) is 78.7 Å². The lowest BCUT2D eigenvalue weighted by molar-refractivity contribution is -0.144. The van der Waals surface area contributed by atoms with Gasteiger partial charge in [-0.2, -0.15) is 33.4 Å². The van der Waals surface area contributed by atoms with Crippen LogP contribution in [0, 0.1) is 18.7 Å². The summed E-state index contributed by atoms with van der Waals surface area (Å²) in [6, 6.07) is 15.7. The van der Waals surface area contributed by atoms with Gasteiger partial charge in [-0.1, -0.05) is 79.2 Å². The van der Waals surface area contributed by atoms with Gasteiger partial charge in [0.2, 0.25) is 11.8 Å². The summed E-state index contributed by atoms with van der Waals surface area (Å²) >= 11 is 6.38. The summed E-state index contributed by atoms with van der Waals surface area (Å²) in [5, 5.41) is 35.2. The highest BCUT2D eigenvalue weighted by Crippen LogP contribution is 2.51. The minimum Gasteiger partial charge on any atom is -0.486 e. The van der Waals surface area contributed by atoms with Gasteiger partial charge >= 0.3 is 12.2 Å². The molecule has 0 aliphatic carbocycles. The second-order valence-electron chi connectivity index (χ2n) is 21.0. The summed E-state index contributed by atoms with van der Waals surface area (Å²) in [5.74, 6) is -1.59. The molecule has 7 heterocycles. The molecule has 2 bridgehead atoms. The Kier molecular flexibility index (Phi) is 15.3. The van der Waals surface area contributed by atoms with E-state index in [1.807, 2.05) is 55.1 Å². The molecule has 4 aliphatic rings. The average molecular weight is 1120 g/mol. The second-order valence-corrected chi connectivity index (χ2v) is 21.4. The van der Waals surface area contributed by atoms with Gasteiger partial charge in [0.05, 0.1) is 48.1 Å². The fourth-order valence-electron chi connectivity index (χ4n) is 11.5. The number of carbonyl (C=O) groups is 2. The molecule has 0 radical (unpaired) electrons. The van der Waals surface area contributed by atoms with Gasteiger partial charge in [-0.15, -0.1) is 0 Å². The van der Waals surface area contributed by atoms with E-state index in [2.05, 4.69) is 36.2 Å². The van der Waals surface area contributed by atoms with E-state index < -0.39 is 47.3 Å². The lowest BCUT2D eigenvalue weighted by Gasteiger charge is -2.34. The molecule has 2 amide bonds. The van der Waals surface area contributed by atoms with Crippen molar-refractivity contribution in [3.8, 4) is 34.0 Å². The third-order valence-corrected chi connectivity index (χ3v) is 15.9. The quantitative estimate of drug-likeness (QED) is 0.0468. The molecule has 6 atom stereocenters. The monoisotopic (exact) mass is 1120 g/mol. The topological polar surface area (TPSA) is 208 Å². The van der Waals surface area contributed by atoms with Crippen molar-refractivity contribution in [2.75, 3.05) is 58.0 Å². The third-order valence-electron chi connectivity index (χ3n) is 15.6. The number of anilines is 1. The number of nitrogens with zero attached hydrogens (tertiary/aromatic N) is 9. The fraction of sp³-hybridized carbons (Fsp3) is 0.404. The summed E-state index contributed by atoms with van der Waals surface area (Å²) in [6.07, 6.45) is 1.52. The van der Waals surface area contributed by atoms with E-state index >= 15 is 17.6 Å². The van der Waals surface area contributed by atoms with Crippen molar-refractivity contribution in [3.05, 3.63) is 124 Å². The van der Waals surface area contributed by atoms with Crippen LogP contribution in [0.15, 0.2) is 95.7 Å². The Hall–Kier alpha value is -7.53. The first kappa shape index (κ1) is 54.4. The summed E-state index contributed by atoms with van der Waals surface area (Å²) in [6.45, 7) is 6.64. The van der Waals surface area contributed by atoms with Gasteiger partial charge in [0.1, 0.15) is 48.5 Å². The highest BCUT2D eigenvalue weighted by atomic mass is 35.5. The van der Waals surface area contributed by atoms with Crippen LogP contribution in [-0.4, -0.2) is 129 Å². The number of aliphatic hydroxyl groups is 1. The van der Waals surface area contributed by atoms with Gasteiger partial charge in [0.25, 0.3) is 0 Å². The smallest absolute Gasteiger partial charge is 0.417 e. The number of hydrogen-bond donors (Lipinski definition) is 4. The zero-order valence-corrected chi connectivity index (χ0v) is 45.1. The van der Waals surface area contributed by atoms with Crippen LogP contribution in [0.5, 0.6) is 11.8 Å². The summed E-state index contributed by atoms with van der Waals surface area (Å²) in [4.78, 5) is 45.7. The van der Waals surface area contributed by atoms with Crippen molar-refractivity contribution in [1.82, 2.24) is 45.7 Å². The number of H-pyrrole nitrogens is 1. The van der Waals surface area contributed by atoms with Gasteiger partial charge in [0.15, 0.2) is 5.75 Å². The minimum absolute atomic E-state index is 0.0420. The Morgan fingerprint density at radius 3 is 2.48 bits per heavy atom. The molecule has 0 spiro atoms. The van der Waals surface area contributed by atoms with E-state index in [1.54, 1.807) is 40.5 Å². The van der Waals surface area contributed by atoms with Crippen LogP contribution in [0.3, 0.4) is 0 Å². The molecule has 4 aromatic carbocycles. The van der Waals surface area contributed by atoms with Gasteiger partial charge < -0.3 is 39.8 Å². The number of amides is 2. The number of pyridine rings is 1. The van der Waals surface area contributed by atoms with Crippen LogP contribution < -0.4 is 25.0 Å². The van der Waals surface area contributed by atoms with Crippen molar-refractivity contribution < 1.29 is 46.5 Å². The van der Waals surface area contributed by atoms with E-state index in [0.717, 1.165) is 29.2 Å². The van der Waals surface area contributed by atoms with Gasteiger partial charge in [-0.25, -0.2) is 4.39 Å². The third kappa shape index (κ3) is 10.6. The summed E-state index contributed by atoms with van der Waals surface area (Å²) < 4.78 is 81.1. The molecule has 6 unspecified atom stereocenters. The van der Waals surface area contributed by atoms with Gasteiger partial charge in [-0.05, 0) is 78.1 Å². The standard InChI is InChI=1S/C57H59ClF4N12O6/c1-30(2)51(55(77)72-17-5-6-47(72)54(76)66-46(28-75)35-13-11-33(12-14-35)39-24-63-16-15-42(39)58)74-27-45(70-71-74)34-9-7-32(8-10-34)29-80-52-49(48-31(3)43(59)22-44-40(48)25-65-69-44)41(57(60,61)62)21-38-50(52)67-56(79-19-18-78-4)68-53(38)73-26-36-20-37(73)23-64-36/h7-16,21-22,24-25,30,36-37,45-47,51,64,75H,5-6,17-20,23,26-29H2,1-4H3,(H,65,69)(H,66,76). The molecule has 4 aliphatic heterocycles. The Balaban J connectivity index is 0.841. The zero-order chi connectivity index (χ0) is 56.0. The normalized spacial score (nSPS) is 19.7. The van der Waals surface area contributed by atoms with Crippen LogP contribution in [-0.2, 0) is 27.1 Å². The highest BCUT2D eigenvalue weighted by molar-refractivity contribution is 6.33. The maximum Gasteiger partial charge on any atom is 0.417 e. The molecule has 3 aromatic heterocycles. The molecule has 418 valence electrons. The van der Waals surface area contributed by atoms with E-state index in [1.165, 1.54) is 26.3 Å². The molecule has 11 rings (SSSR count). The first-order chi connectivity index (χ1) is 38.6. The number of likely N-dealkylation sites (tertiary alicyclic amines) is 1. The molecular weight excluding hydrogens is 1060 g/mol. The second kappa shape index (κ2) is 22.5. The van der Waals surface area contributed by atoms with Gasteiger partial charge in [-0.3, -0.25) is 24.7 Å². The maximum atomic E-state index is 15.9. The van der Waals surface area contributed by atoms with E-state index in [9.17, 15) is 14.7 Å². The number of benzene rings is 4. The number of piperazine rings is 1. The Labute approximate surface area is 462 Å². The van der Waals surface area contributed by atoms with E-state index in [4.69, 9.17) is 35.8 Å². The first-order valence-electron chi connectivity index (χ1n) is 26.6. The van der Waals surface area contributed by atoms with Crippen LogP contribution in [0.4, 0.5) is 23.4 Å². The first-order valence-corrected chi connectivity index (χ1v) is 27.0. The van der Waals surface area contributed by atoms with E-state index in [0.29, 0.717) is 48.6 Å². The minimum atomic E-state index is -4.96. The largest absolute Gasteiger partial charge is 0.486 e. The molecule has 3 fully saturated rings. The number of methoxy groups -OCH3 is 1. The number of alkyl halides is 3. The number of aromatic nitrogens is 5. The molecule has 23 heteroatoms. The predicted molar refractivity (Wildman–Crippen MR) is 290 cm³/mol. The molecule has 18 nitrogen and oxygen atoms in total. The maximum absolute atomic E-state index is 15.9. The SMILES string of the molecule is COCCOc1nc(N2CC3CC2CN3)c2cc(C(F)(F)F)c(-c3c(C)c(F)cc4[nH]ncc34)c(OCc3ccc(C4CN(C(C(=O)N5CCCC5C(=O)NC(CO)c5ccc(-c6cnccc6Cl)cc5)C(C)C)N=N4)cc3)c2n1. The number of aromatic amines is 1. The molecule has 4 N–H and O–H groups in total. The van der Waals surface area contributed by atoms with Crippen LogP contribution in [0.1, 0.15) is 73.0 Å². The molecule has 7 aromatic rings. The van der Waals surface area contributed by atoms with Crippen molar-refractivity contribution in [2.24, 2.45) is 16.3 Å². The number of rotatable bonds is 18. The number of carbonyl (C=O) groups excluding carboxylic acids is 2. The van der Waals surface area contributed by atoms with E-state index in [-0.39, 0.29) is 113 Å². The Morgan fingerprint density at radius 1 is 0.975 bits per heavy atom. The number of halogens is 5. The molecular formula is C57H59ClF4N12O6. The van der Waals surface area contributed by atoms with Crippen LogP contribution in [0.2, 0.25) is 5.02 Å². The summed E-state index contributed by atoms with van der Waals surface area (Å²) in [7, 11) is 1.51. The number of ether oxygens (including phenoxy) is 3. The lowest BCUT2D eigenvalue weighted by Crippen LogP contribution is -2.54. The van der Waals surface area contributed by atoms with Crippen LogP contribution in [0.25, 0.3) is 44.1 Å². The lowest BCUT2D eigenvalue weighted by atomic mass is 9.90. The highest BCUT2D eigenvalue weighted by Gasteiger charge is 2.44. The predicted octanol–water partition coefficient (Wildman–Crippen LogP) is 9.10. The molecule has 0 saturated carbocycles. The van der Waals surface area contributed by atoms with Crippen molar-refractivity contribution in [3.63, 3.8) is 0 Å². The molecule has 80 heavy (non-hydrogen) atoms. The Bertz CT molecular complexity index is 3480. The number of aliphatic hydroxyl groups excluding tert-OH is 1. The van der Waals surface area contributed by atoms with Crippen molar-refractivity contribution in [2.45, 2.75) is 89.1 Å². The summed E-state index contributed by atoms with van der Waals surface area (Å²) in [5.41, 5.74) is 2.26. The molecule has 3 saturated heterocycles. The fourth-order valence-corrected chi connectivity index (χ4v) is 11.8. The average Bonchev–Trinajstić information content (AvgIpc) is 4.36. The Morgan fingerprint density at radius 2 is 1.77 bits per heavy atom. The van der Waals surface area contributed by atoms with Crippen molar-refractivity contribution >= 4 is 51.0 Å². The van der Waals surface area contributed by atoms with Crippen LogP contribution >= 0.6 is 11.6 Å². The number of fused-ring (bicyclic) bond motifs is 4. The van der Waals surface area contributed by atoms with Crippen molar-refractivity contribution in [1.29, 1.82) is 0 Å².